The van der Waals surface area contributed by atoms with Gasteiger partial charge in [-0.1, -0.05) is 0 Å². The second kappa shape index (κ2) is 5.60. The molecule has 3 N–H and O–H groups in total. The number of rotatable bonds is 4. The summed E-state index contributed by atoms with van der Waals surface area (Å²) in [7, 11) is -2.96. The fourth-order valence-corrected chi connectivity index (χ4v) is 3.71. The smallest absolute Gasteiger partial charge is 0.242 e. The number of nitrogen functional groups attached to an aromatic ring is 1. The Morgan fingerprint density at radius 1 is 1.53 bits per heavy atom. The van der Waals surface area contributed by atoms with Crippen LogP contribution in [0.4, 0.5) is 11.5 Å². The average molecular weight is 286 g/mol. The van der Waals surface area contributed by atoms with Crippen LogP contribution in [0.5, 0.6) is 5.88 Å². The van der Waals surface area contributed by atoms with Crippen LogP contribution < -0.4 is 15.8 Å². The monoisotopic (exact) mass is 286 g/mol. The quantitative estimate of drug-likeness (QED) is 0.827. The van der Waals surface area contributed by atoms with Gasteiger partial charge in [-0.05, 0) is 19.8 Å². The first-order valence-electron chi connectivity index (χ1n) is 6.22. The first-order valence-corrected chi connectivity index (χ1v) is 8.04. The summed E-state index contributed by atoms with van der Waals surface area (Å²) in [4.78, 5) is 7.97. The molecule has 1 aliphatic heterocycles. The lowest BCUT2D eigenvalue weighted by Gasteiger charge is -2.24. The number of hydrogen-bond acceptors (Lipinski definition) is 7. The molecule has 1 saturated heterocycles. The van der Waals surface area contributed by atoms with E-state index in [1.54, 1.807) is 0 Å². The van der Waals surface area contributed by atoms with Crippen molar-refractivity contribution in [3.05, 3.63) is 6.33 Å². The number of ether oxygens (including phenoxy) is 1. The molecule has 1 unspecified atom stereocenters. The maximum atomic E-state index is 11.6. The molecular formula is C11H18N4O3S. The van der Waals surface area contributed by atoms with Crippen LogP contribution in [-0.2, 0) is 9.84 Å². The molecule has 8 heteroatoms. The number of anilines is 2. The summed E-state index contributed by atoms with van der Waals surface area (Å²) in [6, 6.07) is -0.162. The van der Waals surface area contributed by atoms with Gasteiger partial charge in [-0.2, -0.15) is 4.98 Å². The number of aromatic nitrogens is 2. The Bertz CT molecular complexity index is 547. The van der Waals surface area contributed by atoms with Crippen LogP contribution in [0.15, 0.2) is 6.33 Å². The van der Waals surface area contributed by atoms with Gasteiger partial charge in [0.2, 0.25) is 5.88 Å². The van der Waals surface area contributed by atoms with Crippen molar-refractivity contribution in [1.29, 1.82) is 0 Å². The van der Waals surface area contributed by atoms with E-state index >= 15 is 0 Å². The molecule has 0 aliphatic carbocycles. The van der Waals surface area contributed by atoms with Gasteiger partial charge in [-0.15, -0.1) is 0 Å². The number of nitrogens with two attached hydrogens (primary N) is 1. The molecule has 7 nitrogen and oxygen atoms in total. The molecule has 0 bridgehead atoms. The van der Waals surface area contributed by atoms with Crippen LogP contribution in [-0.4, -0.2) is 42.5 Å². The molecule has 1 aliphatic rings. The summed E-state index contributed by atoms with van der Waals surface area (Å²) in [5.74, 6) is 1.12. The molecule has 2 rings (SSSR count). The molecule has 2 heterocycles. The van der Waals surface area contributed by atoms with Crippen LogP contribution >= 0.6 is 0 Å². The van der Waals surface area contributed by atoms with Crippen molar-refractivity contribution in [3.8, 4) is 5.88 Å². The number of hydrogen-bond donors (Lipinski definition) is 2. The molecular weight excluding hydrogens is 268 g/mol. The lowest BCUT2D eigenvalue weighted by atomic mass is 10.2. The highest BCUT2D eigenvalue weighted by atomic mass is 32.2. The molecule has 19 heavy (non-hydrogen) atoms. The van der Waals surface area contributed by atoms with E-state index in [9.17, 15) is 8.42 Å². The minimum atomic E-state index is -2.96. The largest absolute Gasteiger partial charge is 0.476 e. The zero-order chi connectivity index (χ0) is 13.9. The summed E-state index contributed by atoms with van der Waals surface area (Å²) in [6.45, 7) is 2.29. The fraction of sp³-hybridized carbons (Fsp3) is 0.636. The van der Waals surface area contributed by atoms with Crippen LogP contribution in [0.3, 0.4) is 0 Å². The van der Waals surface area contributed by atoms with E-state index in [0.717, 1.165) is 6.42 Å². The minimum Gasteiger partial charge on any atom is -0.476 e. The lowest BCUT2D eigenvalue weighted by Crippen LogP contribution is -2.35. The summed E-state index contributed by atoms with van der Waals surface area (Å²) in [5, 5.41) is 3.07. The molecule has 0 radical (unpaired) electrons. The van der Waals surface area contributed by atoms with Gasteiger partial charge in [-0.3, -0.25) is 0 Å². The van der Waals surface area contributed by atoms with Crippen molar-refractivity contribution in [1.82, 2.24) is 9.97 Å². The maximum Gasteiger partial charge on any atom is 0.242 e. The van der Waals surface area contributed by atoms with Gasteiger partial charge >= 0.3 is 0 Å². The Kier molecular flexibility index (Phi) is 4.08. The highest BCUT2D eigenvalue weighted by Crippen LogP contribution is 2.26. The van der Waals surface area contributed by atoms with Gasteiger partial charge in [0.25, 0.3) is 0 Å². The van der Waals surface area contributed by atoms with E-state index in [1.807, 2.05) is 6.92 Å². The van der Waals surface area contributed by atoms with Crippen LogP contribution in [0.1, 0.15) is 19.8 Å². The zero-order valence-corrected chi connectivity index (χ0v) is 11.6. The third kappa shape index (κ3) is 3.46. The summed E-state index contributed by atoms with van der Waals surface area (Å²) in [5.41, 5.74) is 6.20. The van der Waals surface area contributed by atoms with E-state index in [4.69, 9.17) is 10.5 Å². The standard InChI is InChI=1S/C11H18N4O3S/c1-2-18-11-9(12)10(13-7-14-11)15-8-4-3-5-19(16,17)6-8/h7-8H,2-6,12H2,1H3,(H,13,14,15). The van der Waals surface area contributed by atoms with Gasteiger partial charge in [0.1, 0.15) is 12.0 Å². The molecule has 1 aromatic rings. The minimum absolute atomic E-state index is 0.112. The van der Waals surface area contributed by atoms with Crippen molar-refractivity contribution in [2.24, 2.45) is 0 Å². The Balaban J connectivity index is 2.13. The first kappa shape index (κ1) is 13.9. The second-order valence-electron chi connectivity index (χ2n) is 4.47. The van der Waals surface area contributed by atoms with Crippen molar-refractivity contribution in [3.63, 3.8) is 0 Å². The molecule has 0 aromatic carbocycles. The topological polar surface area (TPSA) is 107 Å². The van der Waals surface area contributed by atoms with E-state index in [2.05, 4.69) is 15.3 Å². The molecule has 1 aromatic heterocycles. The van der Waals surface area contributed by atoms with Crippen LogP contribution in [0.25, 0.3) is 0 Å². The van der Waals surface area contributed by atoms with Crippen molar-refractivity contribution < 1.29 is 13.2 Å². The Labute approximate surface area is 112 Å². The maximum absolute atomic E-state index is 11.6. The van der Waals surface area contributed by atoms with Crippen LogP contribution in [0, 0.1) is 0 Å². The third-order valence-electron chi connectivity index (χ3n) is 2.93. The lowest BCUT2D eigenvalue weighted by molar-refractivity contribution is 0.328. The highest BCUT2D eigenvalue weighted by molar-refractivity contribution is 7.91. The van der Waals surface area contributed by atoms with Crippen molar-refractivity contribution in [2.45, 2.75) is 25.8 Å². The van der Waals surface area contributed by atoms with E-state index in [-0.39, 0.29) is 17.5 Å². The highest BCUT2D eigenvalue weighted by Gasteiger charge is 2.25. The Hall–Kier alpha value is -1.57. The van der Waals surface area contributed by atoms with Gasteiger partial charge in [0.15, 0.2) is 15.7 Å². The molecule has 106 valence electrons. The average Bonchev–Trinajstić information content (AvgIpc) is 2.33. The predicted octanol–water partition coefficient (Wildman–Crippen LogP) is 0.447. The van der Waals surface area contributed by atoms with Crippen molar-refractivity contribution in [2.75, 3.05) is 29.2 Å². The number of nitrogens with zero attached hydrogens (tertiary/aromatic N) is 2. The summed E-state index contributed by atoms with van der Waals surface area (Å²) in [6.07, 6.45) is 2.79. The molecule has 1 fully saturated rings. The van der Waals surface area contributed by atoms with E-state index in [1.165, 1.54) is 6.33 Å². The predicted molar refractivity (Wildman–Crippen MR) is 72.9 cm³/mol. The van der Waals surface area contributed by atoms with Crippen LogP contribution in [0.2, 0.25) is 0 Å². The Morgan fingerprint density at radius 3 is 3.00 bits per heavy atom. The fourth-order valence-electron chi connectivity index (χ4n) is 2.08. The Morgan fingerprint density at radius 2 is 2.32 bits per heavy atom. The summed E-state index contributed by atoms with van der Waals surface area (Å²) >= 11 is 0. The van der Waals surface area contributed by atoms with Gasteiger partial charge < -0.3 is 15.8 Å². The normalized spacial score (nSPS) is 21.8. The van der Waals surface area contributed by atoms with Crippen molar-refractivity contribution >= 4 is 21.3 Å². The van der Waals surface area contributed by atoms with E-state index < -0.39 is 9.84 Å². The number of nitrogens with one attached hydrogen (secondary N) is 1. The second-order valence-corrected chi connectivity index (χ2v) is 6.70. The van der Waals surface area contributed by atoms with E-state index in [0.29, 0.717) is 30.4 Å². The first-order chi connectivity index (χ1) is 9.02. The third-order valence-corrected chi connectivity index (χ3v) is 4.75. The molecule has 0 amide bonds. The molecule has 0 saturated carbocycles. The summed E-state index contributed by atoms with van der Waals surface area (Å²) < 4.78 is 28.4. The van der Waals surface area contributed by atoms with Gasteiger partial charge in [-0.25, -0.2) is 13.4 Å². The SMILES string of the molecule is CCOc1ncnc(NC2CCCS(=O)(=O)C2)c1N. The van der Waals surface area contributed by atoms with Gasteiger partial charge in [0, 0.05) is 6.04 Å². The number of sulfone groups is 1. The zero-order valence-electron chi connectivity index (χ0n) is 10.8. The molecule has 1 atom stereocenters. The molecule has 0 spiro atoms. The van der Waals surface area contributed by atoms with Gasteiger partial charge in [0.05, 0.1) is 18.1 Å².